The topological polar surface area (TPSA) is 17.1 Å². The largest absolute Gasteiger partial charge is 0.294 e. The van der Waals surface area contributed by atoms with Gasteiger partial charge in [-0.05, 0) is 24.1 Å². The number of ketones is 1. The van der Waals surface area contributed by atoms with Gasteiger partial charge < -0.3 is 0 Å². The average Bonchev–Trinajstić information content (AvgIpc) is 2.34. The zero-order valence-electron chi connectivity index (χ0n) is 9.72. The van der Waals surface area contributed by atoms with Crippen molar-refractivity contribution >= 4 is 17.4 Å². The van der Waals surface area contributed by atoms with Gasteiger partial charge in [0, 0.05) is 12.0 Å². The van der Waals surface area contributed by atoms with Crippen LogP contribution < -0.4 is 0 Å². The van der Waals surface area contributed by atoms with Gasteiger partial charge in [-0.2, -0.15) is 0 Å². The molecule has 92 valence electrons. The highest BCUT2D eigenvalue weighted by Gasteiger charge is 2.18. The van der Waals surface area contributed by atoms with E-state index in [1.165, 1.54) is 37.5 Å². The predicted molar refractivity (Wildman–Crippen MR) is 66.9 cm³/mol. The molecule has 1 aliphatic carbocycles. The molecule has 1 nitrogen and oxygen atoms in total. The van der Waals surface area contributed by atoms with E-state index in [4.69, 9.17) is 11.6 Å². The summed E-state index contributed by atoms with van der Waals surface area (Å²) in [5, 5.41) is 0.0273. The number of halogens is 2. The molecule has 1 aliphatic rings. The fourth-order valence-electron chi connectivity index (χ4n) is 2.44. The lowest BCUT2D eigenvalue weighted by Gasteiger charge is -2.20. The summed E-state index contributed by atoms with van der Waals surface area (Å²) in [4.78, 5) is 12.0. The molecule has 0 heterocycles. The first-order valence-electron chi connectivity index (χ1n) is 6.15. The first kappa shape index (κ1) is 12.6. The highest BCUT2D eigenvalue weighted by atomic mass is 35.5. The van der Waals surface area contributed by atoms with E-state index in [-0.39, 0.29) is 10.8 Å². The summed E-state index contributed by atoms with van der Waals surface area (Å²) in [5.41, 5.74) is 0.530. The van der Waals surface area contributed by atoms with Gasteiger partial charge in [-0.25, -0.2) is 4.39 Å². The van der Waals surface area contributed by atoms with E-state index < -0.39 is 5.82 Å². The van der Waals surface area contributed by atoms with E-state index >= 15 is 0 Å². The first-order valence-corrected chi connectivity index (χ1v) is 6.53. The molecule has 0 atom stereocenters. The van der Waals surface area contributed by atoms with Crippen LogP contribution in [0.4, 0.5) is 4.39 Å². The van der Waals surface area contributed by atoms with Gasteiger partial charge >= 0.3 is 0 Å². The summed E-state index contributed by atoms with van der Waals surface area (Å²) in [7, 11) is 0. The van der Waals surface area contributed by atoms with Crippen LogP contribution in [-0.2, 0) is 0 Å². The minimum atomic E-state index is -0.471. The Balaban J connectivity index is 2.01. The number of carbonyl (C=O) groups excluding carboxylic acids is 1. The molecule has 17 heavy (non-hydrogen) atoms. The van der Waals surface area contributed by atoms with Gasteiger partial charge in [0.05, 0.1) is 5.02 Å². The maximum Gasteiger partial charge on any atom is 0.163 e. The smallest absolute Gasteiger partial charge is 0.163 e. The second-order valence-corrected chi connectivity index (χ2v) is 5.17. The molecule has 1 fully saturated rings. The summed E-state index contributed by atoms with van der Waals surface area (Å²) in [5.74, 6) is 0.111. The Labute approximate surface area is 106 Å². The molecule has 1 aromatic carbocycles. The van der Waals surface area contributed by atoms with E-state index in [1.54, 1.807) is 0 Å². The number of benzene rings is 1. The summed E-state index contributed by atoms with van der Waals surface area (Å²) < 4.78 is 13.0. The van der Waals surface area contributed by atoms with Crippen molar-refractivity contribution in [2.75, 3.05) is 0 Å². The second-order valence-electron chi connectivity index (χ2n) is 4.76. The van der Waals surface area contributed by atoms with Crippen LogP contribution in [0.3, 0.4) is 0 Å². The van der Waals surface area contributed by atoms with Crippen LogP contribution in [0.2, 0.25) is 5.02 Å². The lowest BCUT2D eigenvalue weighted by Crippen LogP contribution is -2.12. The Bertz CT molecular complexity index is 411. The molecule has 0 saturated heterocycles. The van der Waals surface area contributed by atoms with Crippen LogP contribution in [0, 0.1) is 11.7 Å². The van der Waals surface area contributed by atoms with E-state index in [0.717, 1.165) is 12.8 Å². The van der Waals surface area contributed by atoms with Crippen molar-refractivity contribution in [3.63, 3.8) is 0 Å². The molecule has 0 amide bonds. The highest BCUT2D eigenvalue weighted by Crippen LogP contribution is 2.28. The zero-order chi connectivity index (χ0) is 12.3. The van der Waals surface area contributed by atoms with Gasteiger partial charge in [-0.1, -0.05) is 43.7 Å². The minimum absolute atomic E-state index is 0.0273. The molecule has 1 saturated carbocycles. The van der Waals surface area contributed by atoms with Gasteiger partial charge in [0.1, 0.15) is 5.82 Å². The SMILES string of the molecule is O=C(CC1CCCCC1)c1ccc(F)c(Cl)c1. The Morgan fingerprint density at radius 1 is 1.29 bits per heavy atom. The Kier molecular flexibility index (Phi) is 4.16. The van der Waals surface area contributed by atoms with Gasteiger partial charge in [0.2, 0.25) is 0 Å². The molecule has 0 unspecified atom stereocenters. The van der Waals surface area contributed by atoms with Crippen LogP contribution in [0.15, 0.2) is 18.2 Å². The van der Waals surface area contributed by atoms with Crippen molar-refractivity contribution in [3.05, 3.63) is 34.6 Å². The van der Waals surface area contributed by atoms with Crippen LogP contribution in [0.25, 0.3) is 0 Å². The normalized spacial score (nSPS) is 17.1. The Morgan fingerprint density at radius 2 is 2.00 bits per heavy atom. The van der Waals surface area contributed by atoms with Crippen LogP contribution in [0.1, 0.15) is 48.9 Å². The van der Waals surface area contributed by atoms with Crippen LogP contribution >= 0.6 is 11.6 Å². The zero-order valence-corrected chi connectivity index (χ0v) is 10.5. The van der Waals surface area contributed by atoms with Crippen molar-refractivity contribution in [2.45, 2.75) is 38.5 Å². The van der Waals surface area contributed by atoms with E-state index in [0.29, 0.717) is 17.9 Å². The molecule has 3 heteroatoms. The third kappa shape index (κ3) is 3.29. The molecular weight excluding hydrogens is 239 g/mol. The van der Waals surface area contributed by atoms with E-state index in [2.05, 4.69) is 0 Å². The van der Waals surface area contributed by atoms with Gasteiger partial charge in [-0.15, -0.1) is 0 Å². The number of Topliss-reactive ketones (excluding diaryl/α,β-unsaturated/α-hetero) is 1. The van der Waals surface area contributed by atoms with Gasteiger partial charge in [0.25, 0.3) is 0 Å². The summed E-state index contributed by atoms with van der Waals surface area (Å²) >= 11 is 5.67. The lowest BCUT2D eigenvalue weighted by atomic mass is 9.85. The maximum absolute atomic E-state index is 13.0. The molecular formula is C14H16ClFO. The van der Waals surface area contributed by atoms with Crippen molar-refractivity contribution < 1.29 is 9.18 Å². The fourth-order valence-corrected chi connectivity index (χ4v) is 2.62. The van der Waals surface area contributed by atoms with E-state index in [9.17, 15) is 9.18 Å². The van der Waals surface area contributed by atoms with E-state index in [1.807, 2.05) is 0 Å². The number of carbonyl (C=O) groups is 1. The number of hydrogen-bond acceptors (Lipinski definition) is 1. The maximum atomic E-state index is 13.0. The molecule has 1 aromatic rings. The third-order valence-electron chi connectivity index (χ3n) is 3.44. The molecule has 0 aromatic heterocycles. The second kappa shape index (κ2) is 5.63. The lowest BCUT2D eigenvalue weighted by molar-refractivity contribution is 0.0950. The van der Waals surface area contributed by atoms with Gasteiger partial charge in [0.15, 0.2) is 5.78 Å². The van der Waals surface area contributed by atoms with Crippen molar-refractivity contribution in [2.24, 2.45) is 5.92 Å². The van der Waals surface area contributed by atoms with Crippen molar-refractivity contribution in [3.8, 4) is 0 Å². The third-order valence-corrected chi connectivity index (χ3v) is 3.73. The summed E-state index contributed by atoms with van der Waals surface area (Å²) in [6, 6.07) is 4.21. The molecule has 0 aliphatic heterocycles. The highest BCUT2D eigenvalue weighted by molar-refractivity contribution is 6.31. The van der Waals surface area contributed by atoms with Gasteiger partial charge in [-0.3, -0.25) is 4.79 Å². The predicted octanol–water partition coefficient (Wildman–Crippen LogP) is 4.63. The molecule has 0 spiro atoms. The quantitative estimate of drug-likeness (QED) is 0.719. The standard InChI is InChI=1S/C14H16ClFO/c15-12-9-11(6-7-13(12)16)14(17)8-10-4-2-1-3-5-10/h6-7,9-10H,1-5,8H2. The van der Waals surface area contributed by atoms with Crippen LogP contribution in [-0.4, -0.2) is 5.78 Å². The Hall–Kier alpha value is -0.890. The molecule has 0 radical (unpaired) electrons. The van der Waals surface area contributed by atoms with Crippen LogP contribution in [0.5, 0.6) is 0 Å². The first-order chi connectivity index (χ1) is 8.16. The molecule has 0 N–H and O–H groups in total. The number of rotatable bonds is 3. The Morgan fingerprint density at radius 3 is 2.65 bits per heavy atom. The molecule has 2 rings (SSSR count). The van der Waals surface area contributed by atoms with Crippen molar-refractivity contribution in [1.29, 1.82) is 0 Å². The number of hydrogen-bond donors (Lipinski definition) is 0. The average molecular weight is 255 g/mol. The summed E-state index contributed by atoms with van der Waals surface area (Å²) in [6.45, 7) is 0. The monoisotopic (exact) mass is 254 g/mol. The fraction of sp³-hybridized carbons (Fsp3) is 0.500. The minimum Gasteiger partial charge on any atom is -0.294 e. The molecule has 0 bridgehead atoms. The summed E-state index contributed by atoms with van der Waals surface area (Å²) in [6.07, 6.45) is 6.58. The van der Waals surface area contributed by atoms with Crippen molar-refractivity contribution in [1.82, 2.24) is 0 Å².